The molecule has 0 aliphatic heterocycles. The van der Waals surface area contributed by atoms with Gasteiger partial charge in [-0.2, -0.15) is 0 Å². The van der Waals surface area contributed by atoms with Crippen LogP contribution in [0.5, 0.6) is 0 Å². The van der Waals surface area contributed by atoms with E-state index in [0.717, 1.165) is 38.9 Å². The van der Waals surface area contributed by atoms with Gasteiger partial charge in [0.15, 0.2) is 0 Å². The van der Waals surface area contributed by atoms with Crippen molar-refractivity contribution in [1.29, 1.82) is 0 Å². The summed E-state index contributed by atoms with van der Waals surface area (Å²) >= 11 is 0. The van der Waals surface area contributed by atoms with E-state index in [1.54, 1.807) is 0 Å². The number of hydrogen-bond acceptors (Lipinski definition) is 2. The fourth-order valence-electron chi connectivity index (χ4n) is 5.15. The summed E-state index contributed by atoms with van der Waals surface area (Å²) in [6.45, 7) is 0. The summed E-state index contributed by atoms with van der Waals surface area (Å²) in [5.74, 6) is 0. The van der Waals surface area contributed by atoms with E-state index in [4.69, 9.17) is 4.42 Å². The Kier molecular flexibility index (Phi) is 5.49. The van der Waals surface area contributed by atoms with Crippen molar-refractivity contribution in [2.45, 2.75) is 0 Å². The normalized spacial score (nSPS) is 11.2. The maximum Gasteiger partial charge on any atom is 0.136 e. The van der Waals surface area contributed by atoms with E-state index < -0.39 is 0 Å². The van der Waals surface area contributed by atoms with E-state index in [0.29, 0.717) is 0 Å². The van der Waals surface area contributed by atoms with Crippen LogP contribution in [0.3, 0.4) is 0 Å². The molecule has 0 unspecified atom stereocenters. The molecule has 38 heavy (non-hydrogen) atoms. The molecule has 0 aliphatic rings. The molecule has 1 heterocycles. The van der Waals surface area contributed by atoms with Crippen LogP contribution in [0, 0.1) is 0 Å². The molecule has 0 fully saturated rings. The van der Waals surface area contributed by atoms with Crippen LogP contribution < -0.4 is 5.32 Å². The average Bonchev–Trinajstić information content (AvgIpc) is 3.37. The number of anilines is 2. The van der Waals surface area contributed by atoms with Gasteiger partial charge in [-0.15, -0.1) is 0 Å². The van der Waals surface area contributed by atoms with Gasteiger partial charge in [0.1, 0.15) is 11.2 Å². The highest BCUT2D eigenvalue weighted by Crippen LogP contribution is 2.38. The second kappa shape index (κ2) is 9.42. The Balaban J connectivity index is 1.20. The van der Waals surface area contributed by atoms with Crippen molar-refractivity contribution < 1.29 is 4.42 Å². The van der Waals surface area contributed by atoms with Gasteiger partial charge in [0.2, 0.25) is 0 Å². The Morgan fingerprint density at radius 2 is 0.947 bits per heavy atom. The standard InChI is InChI=1S/C36H25NO/c1-3-8-25(9-4-1)27-14-19-30(20-15-27)37-31-21-16-28(17-22-31)32-12-7-13-35-36(32)33-24-29(18-23-34(33)38-35)26-10-5-2-6-11-26/h1-24,37H. The Morgan fingerprint density at radius 1 is 0.395 bits per heavy atom. The lowest BCUT2D eigenvalue weighted by Gasteiger charge is -2.10. The van der Waals surface area contributed by atoms with Crippen molar-refractivity contribution in [3.05, 3.63) is 146 Å². The summed E-state index contributed by atoms with van der Waals surface area (Å²) in [5.41, 5.74) is 11.1. The maximum absolute atomic E-state index is 6.24. The molecule has 1 N–H and O–H groups in total. The lowest BCUT2D eigenvalue weighted by atomic mass is 9.97. The summed E-state index contributed by atoms with van der Waals surface area (Å²) in [6, 6.07) is 50.9. The van der Waals surface area contributed by atoms with Gasteiger partial charge in [0.05, 0.1) is 0 Å². The second-order valence-corrected chi connectivity index (χ2v) is 9.50. The van der Waals surface area contributed by atoms with Crippen molar-refractivity contribution in [3.8, 4) is 33.4 Å². The molecule has 0 amide bonds. The highest BCUT2D eigenvalue weighted by molar-refractivity contribution is 6.13. The number of nitrogens with one attached hydrogen (secondary N) is 1. The van der Waals surface area contributed by atoms with Crippen LogP contribution in [-0.2, 0) is 0 Å². The van der Waals surface area contributed by atoms with Crippen LogP contribution in [0.25, 0.3) is 55.3 Å². The third kappa shape index (κ3) is 4.12. The first-order valence-corrected chi connectivity index (χ1v) is 12.9. The van der Waals surface area contributed by atoms with E-state index in [-0.39, 0.29) is 0 Å². The maximum atomic E-state index is 6.24. The highest BCUT2D eigenvalue weighted by Gasteiger charge is 2.13. The van der Waals surface area contributed by atoms with Gasteiger partial charge in [0.25, 0.3) is 0 Å². The Morgan fingerprint density at radius 3 is 1.61 bits per heavy atom. The van der Waals surface area contributed by atoms with Crippen LogP contribution >= 0.6 is 0 Å². The molecule has 0 spiro atoms. The number of hydrogen-bond donors (Lipinski definition) is 1. The third-order valence-corrected chi connectivity index (χ3v) is 7.08. The smallest absolute Gasteiger partial charge is 0.136 e. The minimum absolute atomic E-state index is 0.906. The van der Waals surface area contributed by atoms with Crippen LogP contribution in [0.4, 0.5) is 11.4 Å². The molecule has 0 saturated carbocycles. The quantitative estimate of drug-likeness (QED) is 0.261. The lowest BCUT2D eigenvalue weighted by molar-refractivity contribution is 0.669. The number of rotatable bonds is 5. The molecule has 7 aromatic rings. The van der Waals surface area contributed by atoms with Crippen LogP contribution in [-0.4, -0.2) is 0 Å². The molecule has 0 atom stereocenters. The minimum Gasteiger partial charge on any atom is -0.456 e. The molecule has 180 valence electrons. The van der Waals surface area contributed by atoms with Gasteiger partial charge in [-0.1, -0.05) is 103 Å². The Hall–Kier alpha value is -5.08. The summed E-state index contributed by atoms with van der Waals surface area (Å²) in [5, 5.41) is 5.82. The average molecular weight is 488 g/mol. The lowest BCUT2D eigenvalue weighted by Crippen LogP contribution is -1.90. The van der Waals surface area contributed by atoms with Crippen LogP contribution in [0.1, 0.15) is 0 Å². The fraction of sp³-hybridized carbons (Fsp3) is 0. The molecule has 0 aliphatic carbocycles. The van der Waals surface area contributed by atoms with E-state index >= 15 is 0 Å². The zero-order valence-corrected chi connectivity index (χ0v) is 20.8. The Labute approximate surface area is 221 Å². The summed E-state index contributed by atoms with van der Waals surface area (Å²) < 4.78 is 6.24. The topological polar surface area (TPSA) is 25.2 Å². The van der Waals surface area contributed by atoms with Crippen molar-refractivity contribution in [2.24, 2.45) is 0 Å². The van der Waals surface area contributed by atoms with E-state index in [1.165, 1.54) is 27.8 Å². The number of furan rings is 1. The first-order valence-electron chi connectivity index (χ1n) is 12.9. The summed E-state index contributed by atoms with van der Waals surface area (Å²) in [4.78, 5) is 0. The van der Waals surface area contributed by atoms with Crippen molar-refractivity contribution >= 4 is 33.3 Å². The predicted molar refractivity (Wildman–Crippen MR) is 160 cm³/mol. The summed E-state index contributed by atoms with van der Waals surface area (Å²) in [6.07, 6.45) is 0. The van der Waals surface area contributed by atoms with Gasteiger partial charge in [-0.3, -0.25) is 0 Å². The molecule has 0 saturated heterocycles. The zero-order chi connectivity index (χ0) is 25.3. The molecule has 0 bridgehead atoms. The molecule has 0 radical (unpaired) electrons. The predicted octanol–water partition coefficient (Wildman–Crippen LogP) is 10.3. The van der Waals surface area contributed by atoms with Crippen LogP contribution in [0.15, 0.2) is 150 Å². The van der Waals surface area contributed by atoms with Crippen molar-refractivity contribution in [3.63, 3.8) is 0 Å². The SMILES string of the molecule is c1ccc(-c2ccc(Nc3ccc(-c4cccc5oc6ccc(-c7ccccc7)cc6c45)cc3)cc2)cc1. The minimum atomic E-state index is 0.906. The van der Waals surface area contributed by atoms with Gasteiger partial charge < -0.3 is 9.73 Å². The van der Waals surface area contributed by atoms with Gasteiger partial charge in [0, 0.05) is 22.1 Å². The second-order valence-electron chi connectivity index (χ2n) is 9.50. The third-order valence-electron chi connectivity index (χ3n) is 7.08. The molecule has 2 nitrogen and oxygen atoms in total. The molecule has 1 aromatic heterocycles. The largest absolute Gasteiger partial charge is 0.456 e. The van der Waals surface area contributed by atoms with Crippen molar-refractivity contribution in [2.75, 3.05) is 5.32 Å². The molecule has 6 aromatic carbocycles. The van der Waals surface area contributed by atoms with Crippen LogP contribution in [0.2, 0.25) is 0 Å². The molecule has 2 heteroatoms. The first kappa shape index (κ1) is 22.1. The monoisotopic (exact) mass is 487 g/mol. The zero-order valence-electron chi connectivity index (χ0n) is 20.8. The summed E-state index contributed by atoms with van der Waals surface area (Å²) in [7, 11) is 0. The van der Waals surface area contributed by atoms with E-state index in [1.807, 2.05) is 12.1 Å². The molecule has 7 rings (SSSR count). The molecular weight excluding hydrogens is 462 g/mol. The van der Waals surface area contributed by atoms with E-state index in [2.05, 4.69) is 139 Å². The number of fused-ring (bicyclic) bond motifs is 3. The molecular formula is C36H25NO. The van der Waals surface area contributed by atoms with Gasteiger partial charge >= 0.3 is 0 Å². The first-order chi connectivity index (χ1) is 18.8. The Bertz CT molecular complexity index is 1850. The van der Waals surface area contributed by atoms with Gasteiger partial charge in [-0.05, 0) is 75.8 Å². The van der Waals surface area contributed by atoms with Gasteiger partial charge in [-0.25, -0.2) is 0 Å². The fourth-order valence-corrected chi connectivity index (χ4v) is 5.15. The van der Waals surface area contributed by atoms with Crippen molar-refractivity contribution in [1.82, 2.24) is 0 Å². The number of benzene rings is 6. The highest BCUT2D eigenvalue weighted by atomic mass is 16.3. The van der Waals surface area contributed by atoms with E-state index in [9.17, 15) is 0 Å².